The fourth-order valence-electron chi connectivity index (χ4n) is 2.92. The Hall–Kier alpha value is -2.48. The summed E-state index contributed by atoms with van der Waals surface area (Å²) in [5, 5.41) is 19.5. The average Bonchev–Trinajstić information content (AvgIpc) is 2.82. The molecule has 0 radical (unpaired) electrons. The number of pyridine rings is 1. The zero-order valence-corrected chi connectivity index (χ0v) is 11.7. The average molecular weight is 307 g/mol. The van der Waals surface area contributed by atoms with Gasteiger partial charge in [-0.3, -0.25) is 14.4 Å². The Morgan fingerprint density at radius 3 is 2.73 bits per heavy atom. The molecule has 116 valence electrons. The van der Waals surface area contributed by atoms with E-state index in [0.717, 1.165) is 4.57 Å². The molecule has 8 nitrogen and oxygen atoms in total. The number of aromatic nitrogens is 1. The first-order valence-corrected chi connectivity index (χ1v) is 6.75. The molecule has 0 saturated carbocycles. The summed E-state index contributed by atoms with van der Waals surface area (Å²) in [7, 11) is 0. The quantitative estimate of drug-likeness (QED) is 0.552. The van der Waals surface area contributed by atoms with Crippen molar-refractivity contribution < 1.29 is 29.3 Å². The highest BCUT2D eigenvalue weighted by molar-refractivity contribution is 6.09. The van der Waals surface area contributed by atoms with Gasteiger partial charge in [0.1, 0.15) is 12.5 Å². The molecule has 0 bridgehead atoms. The van der Waals surface area contributed by atoms with E-state index in [1.165, 1.54) is 6.07 Å². The highest BCUT2D eigenvalue weighted by Gasteiger charge is 2.47. The summed E-state index contributed by atoms with van der Waals surface area (Å²) in [6.07, 6.45) is -0.0295. The number of cyclic esters (lactones) is 1. The van der Waals surface area contributed by atoms with Crippen LogP contribution in [0.5, 0.6) is 0 Å². The second kappa shape index (κ2) is 4.51. The van der Waals surface area contributed by atoms with Crippen LogP contribution >= 0.6 is 0 Å². The van der Waals surface area contributed by atoms with Crippen LogP contribution in [0.3, 0.4) is 0 Å². The third kappa shape index (κ3) is 1.67. The second-order valence-corrected chi connectivity index (χ2v) is 5.38. The third-order valence-electron chi connectivity index (χ3n) is 4.27. The Morgan fingerprint density at radius 1 is 1.45 bits per heavy atom. The van der Waals surface area contributed by atoms with E-state index in [4.69, 9.17) is 9.84 Å². The summed E-state index contributed by atoms with van der Waals surface area (Å²) in [5.74, 6) is -4.23. The van der Waals surface area contributed by atoms with Gasteiger partial charge in [-0.25, -0.2) is 4.79 Å². The van der Waals surface area contributed by atoms with Gasteiger partial charge in [0.2, 0.25) is 0 Å². The zero-order valence-electron chi connectivity index (χ0n) is 11.7. The van der Waals surface area contributed by atoms with Crippen molar-refractivity contribution in [2.75, 3.05) is 0 Å². The Kier molecular flexibility index (Phi) is 2.96. The number of hydrogen-bond donors (Lipinski definition) is 2. The molecule has 1 unspecified atom stereocenters. The number of fused-ring (bicyclic) bond motifs is 2. The molecule has 1 aromatic heterocycles. The summed E-state index contributed by atoms with van der Waals surface area (Å²) < 4.78 is 5.91. The smallest absolute Gasteiger partial charge is 0.343 e. The molecule has 22 heavy (non-hydrogen) atoms. The van der Waals surface area contributed by atoms with Crippen LogP contribution in [0.25, 0.3) is 0 Å². The number of carboxylic acid groups (broad SMARTS) is 1. The van der Waals surface area contributed by atoms with Gasteiger partial charge in [-0.05, 0) is 12.5 Å². The Morgan fingerprint density at radius 2 is 2.14 bits per heavy atom. The van der Waals surface area contributed by atoms with E-state index in [9.17, 15) is 24.3 Å². The topological polar surface area (TPSA) is 123 Å². The van der Waals surface area contributed by atoms with E-state index in [1.54, 1.807) is 6.92 Å². The van der Waals surface area contributed by atoms with Gasteiger partial charge in [-0.15, -0.1) is 0 Å². The van der Waals surface area contributed by atoms with Crippen LogP contribution in [0.1, 0.15) is 35.0 Å². The number of carbonyl (C=O) groups excluding carboxylic acids is 2. The molecular formula is C14H13NO7. The van der Waals surface area contributed by atoms with Crippen molar-refractivity contribution in [3.8, 4) is 0 Å². The number of carbonyl (C=O) groups is 3. The van der Waals surface area contributed by atoms with Crippen molar-refractivity contribution >= 4 is 17.7 Å². The number of carboxylic acids is 1. The number of esters is 1. The maximum Gasteiger partial charge on any atom is 0.343 e. The second-order valence-electron chi connectivity index (χ2n) is 5.38. The molecule has 0 aliphatic carbocycles. The number of ketones is 1. The molecule has 0 aromatic carbocycles. The van der Waals surface area contributed by atoms with E-state index >= 15 is 0 Å². The Bertz CT molecular complexity index is 778. The number of hydrogen-bond acceptors (Lipinski definition) is 6. The van der Waals surface area contributed by atoms with Gasteiger partial charge in [0.15, 0.2) is 11.4 Å². The number of rotatable bonds is 2. The molecule has 2 aliphatic heterocycles. The fraction of sp³-hybridized carbons (Fsp3) is 0.429. The number of nitrogens with zero attached hydrogens (tertiary/aromatic N) is 1. The van der Waals surface area contributed by atoms with Gasteiger partial charge >= 0.3 is 11.9 Å². The molecule has 0 fully saturated rings. The molecule has 3 heterocycles. The largest absolute Gasteiger partial charge is 0.481 e. The molecule has 3 rings (SSSR count). The van der Waals surface area contributed by atoms with Crippen LogP contribution < -0.4 is 5.56 Å². The minimum absolute atomic E-state index is 0.0295. The van der Waals surface area contributed by atoms with Gasteiger partial charge < -0.3 is 19.5 Å². The number of aliphatic hydroxyl groups is 1. The Balaban J connectivity index is 2.26. The van der Waals surface area contributed by atoms with E-state index < -0.39 is 34.8 Å². The lowest BCUT2D eigenvalue weighted by Gasteiger charge is -2.31. The van der Waals surface area contributed by atoms with Crippen LogP contribution in [-0.4, -0.2) is 32.5 Å². The first-order chi connectivity index (χ1) is 10.3. The first-order valence-electron chi connectivity index (χ1n) is 6.75. The van der Waals surface area contributed by atoms with E-state index in [-0.39, 0.29) is 36.4 Å². The molecule has 2 N–H and O–H groups in total. The normalized spacial score (nSPS) is 26.4. The van der Waals surface area contributed by atoms with E-state index in [1.807, 2.05) is 0 Å². The molecule has 0 amide bonds. The Labute approximate surface area is 123 Å². The minimum Gasteiger partial charge on any atom is -0.481 e. The molecule has 1 aromatic rings. The lowest BCUT2D eigenvalue weighted by molar-refractivity contribution is -0.172. The predicted octanol–water partition coefficient (Wildman–Crippen LogP) is -0.600. The maximum absolute atomic E-state index is 12.4. The van der Waals surface area contributed by atoms with Gasteiger partial charge in [0.05, 0.1) is 11.3 Å². The standard InChI is InChI=1S/C14H13NO7/c1-2-14(21)8-3-9-10(16)6(12(18)19)4-15(9)11(17)7(8)5-22-13(14)20/h3,6,21H,2,4-5H2,1H3,(H,18,19)/t6?,14-/m0/s1. The van der Waals surface area contributed by atoms with Crippen molar-refractivity contribution in [1.29, 1.82) is 0 Å². The van der Waals surface area contributed by atoms with E-state index in [2.05, 4.69) is 0 Å². The van der Waals surface area contributed by atoms with Crippen molar-refractivity contribution in [1.82, 2.24) is 4.57 Å². The molecule has 2 aliphatic rings. The van der Waals surface area contributed by atoms with Gasteiger partial charge in [-0.2, -0.15) is 0 Å². The first kappa shape index (κ1) is 14.5. The zero-order chi connectivity index (χ0) is 16.2. The molecule has 0 spiro atoms. The summed E-state index contributed by atoms with van der Waals surface area (Å²) in [4.78, 5) is 47.5. The predicted molar refractivity (Wildman–Crippen MR) is 70.1 cm³/mol. The molecule has 0 saturated heterocycles. The van der Waals surface area contributed by atoms with Crippen LogP contribution in [0.4, 0.5) is 0 Å². The van der Waals surface area contributed by atoms with Crippen LogP contribution in [0, 0.1) is 5.92 Å². The monoisotopic (exact) mass is 307 g/mol. The summed E-state index contributed by atoms with van der Waals surface area (Å²) >= 11 is 0. The summed E-state index contributed by atoms with van der Waals surface area (Å²) in [6.45, 7) is 0.985. The number of Topliss-reactive ketones (excluding diaryl/α,β-unsaturated/α-hetero) is 1. The van der Waals surface area contributed by atoms with Crippen LogP contribution in [-0.2, 0) is 33.1 Å². The van der Waals surface area contributed by atoms with Crippen molar-refractivity contribution in [2.24, 2.45) is 5.92 Å². The molecule has 8 heteroatoms. The lowest BCUT2D eigenvalue weighted by Crippen LogP contribution is -2.44. The molecular weight excluding hydrogens is 294 g/mol. The summed E-state index contributed by atoms with van der Waals surface area (Å²) in [5.41, 5.74) is -2.60. The summed E-state index contributed by atoms with van der Waals surface area (Å²) in [6, 6.07) is 1.24. The van der Waals surface area contributed by atoms with E-state index in [0.29, 0.717) is 0 Å². The molecule has 2 atom stereocenters. The van der Waals surface area contributed by atoms with Gasteiger partial charge in [0, 0.05) is 12.1 Å². The number of aliphatic carboxylic acids is 1. The van der Waals surface area contributed by atoms with Gasteiger partial charge in [0.25, 0.3) is 5.56 Å². The third-order valence-corrected chi connectivity index (χ3v) is 4.27. The SMILES string of the molecule is CC[C@@]1(O)C(=O)OCc2c1cc1n(c2=O)CC(C(=O)O)C1=O. The van der Waals surface area contributed by atoms with Crippen molar-refractivity contribution in [3.05, 3.63) is 33.2 Å². The minimum atomic E-state index is -2.00. The van der Waals surface area contributed by atoms with Crippen LogP contribution in [0.15, 0.2) is 10.9 Å². The highest BCUT2D eigenvalue weighted by Crippen LogP contribution is 2.34. The number of ether oxygens (including phenoxy) is 1. The van der Waals surface area contributed by atoms with Gasteiger partial charge in [-0.1, -0.05) is 6.92 Å². The fourth-order valence-corrected chi connectivity index (χ4v) is 2.92. The van der Waals surface area contributed by atoms with Crippen molar-refractivity contribution in [2.45, 2.75) is 32.1 Å². The lowest BCUT2D eigenvalue weighted by atomic mass is 9.86. The van der Waals surface area contributed by atoms with Crippen LogP contribution in [0.2, 0.25) is 0 Å². The van der Waals surface area contributed by atoms with Crippen molar-refractivity contribution in [3.63, 3.8) is 0 Å². The maximum atomic E-state index is 12.4. The highest BCUT2D eigenvalue weighted by atomic mass is 16.6.